The van der Waals surface area contributed by atoms with Crippen LogP contribution in [-0.4, -0.2) is 32.5 Å². The zero-order valence-corrected chi connectivity index (χ0v) is 17.7. The summed E-state index contributed by atoms with van der Waals surface area (Å²) in [4.78, 5) is 46.0. The van der Waals surface area contributed by atoms with Crippen LogP contribution in [0.3, 0.4) is 0 Å². The lowest BCUT2D eigenvalue weighted by Crippen LogP contribution is -2.30. The van der Waals surface area contributed by atoms with Gasteiger partial charge in [0.05, 0.1) is 5.69 Å². The maximum absolute atomic E-state index is 12.7. The summed E-state index contributed by atoms with van der Waals surface area (Å²) in [7, 11) is 1.51. The molecule has 4 aromatic rings. The van der Waals surface area contributed by atoms with Crippen LogP contribution in [-0.2, 0) is 16.6 Å². The number of rotatable bonds is 5. The fraction of sp³-hybridized carbons (Fsp3) is 0.190. The highest BCUT2D eigenvalue weighted by atomic mass is 32.1. The molecule has 0 aliphatic carbocycles. The predicted octanol–water partition coefficient (Wildman–Crippen LogP) is 3.14. The van der Waals surface area contributed by atoms with Crippen molar-refractivity contribution in [2.75, 3.05) is 5.32 Å². The summed E-state index contributed by atoms with van der Waals surface area (Å²) < 4.78 is 11.9. The number of fused-ring (bicyclic) bond motifs is 1. The van der Waals surface area contributed by atoms with E-state index in [1.807, 2.05) is 35.7 Å². The third-order valence-corrected chi connectivity index (χ3v) is 5.37. The standard InChI is InChI=1S/C21H18N4O5S/c1-11-15(16-18(29-11)22-10-25(3)19(16)27)20(28)30-12(2)17(26)24-21-23-14(9-31-21)13-7-5-4-6-8-13/h4-10,12H,1-3H3,(H,23,24,26)/t12-/m1/s1. The Morgan fingerprint density at radius 3 is 2.74 bits per heavy atom. The fourth-order valence-electron chi connectivity index (χ4n) is 2.99. The van der Waals surface area contributed by atoms with Crippen molar-refractivity contribution in [2.45, 2.75) is 20.0 Å². The van der Waals surface area contributed by atoms with Gasteiger partial charge in [-0.25, -0.2) is 14.8 Å². The van der Waals surface area contributed by atoms with E-state index in [2.05, 4.69) is 15.3 Å². The van der Waals surface area contributed by atoms with Crippen LogP contribution < -0.4 is 10.9 Å². The maximum atomic E-state index is 12.7. The first-order valence-electron chi connectivity index (χ1n) is 9.32. The van der Waals surface area contributed by atoms with Crippen LogP contribution in [0, 0.1) is 6.92 Å². The Morgan fingerprint density at radius 1 is 1.26 bits per heavy atom. The molecule has 1 amide bonds. The first-order valence-corrected chi connectivity index (χ1v) is 10.2. The van der Waals surface area contributed by atoms with Crippen molar-refractivity contribution in [3.8, 4) is 11.3 Å². The van der Waals surface area contributed by atoms with Crippen molar-refractivity contribution in [2.24, 2.45) is 7.05 Å². The highest BCUT2D eigenvalue weighted by Gasteiger charge is 2.27. The second-order valence-electron chi connectivity index (χ2n) is 6.81. The zero-order chi connectivity index (χ0) is 22.1. The highest BCUT2D eigenvalue weighted by Crippen LogP contribution is 2.25. The van der Waals surface area contributed by atoms with E-state index in [-0.39, 0.29) is 22.4 Å². The number of nitrogens with one attached hydrogen (secondary N) is 1. The summed E-state index contributed by atoms with van der Waals surface area (Å²) >= 11 is 1.26. The number of aryl methyl sites for hydroxylation is 2. The Balaban J connectivity index is 1.49. The molecule has 3 aromatic heterocycles. The molecular weight excluding hydrogens is 420 g/mol. The molecule has 0 aliphatic rings. The molecule has 1 N–H and O–H groups in total. The topological polar surface area (TPSA) is 116 Å². The highest BCUT2D eigenvalue weighted by molar-refractivity contribution is 7.14. The van der Waals surface area contributed by atoms with E-state index in [9.17, 15) is 14.4 Å². The van der Waals surface area contributed by atoms with E-state index in [0.29, 0.717) is 5.13 Å². The number of carbonyl (C=O) groups excluding carboxylic acids is 2. The number of thiazole rings is 1. The van der Waals surface area contributed by atoms with E-state index < -0.39 is 23.5 Å². The average molecular weight is 438 g/mol. The molecule has 0 radical (unpaired) electrons. The van der Waals surface area contributed by atoms with Crippen LogP contribution >= 0.6 is 11.3 Å². The van der Waals surface area contributed by atoms with E-state index in [1.54, 1.807) is 0 Å². The second-order valence-corrected chi connectivity index (χ2v) is 7.67. The number of carbonyl (C=O) groups is 2. The lowest BCUT2D eigenvalue weighted by Gasteiger charge is -2.12. The minimum atomic E-state index is -1.12. The summed E-state index contributed by atoms with van der Waals surface area (Å²) in [6.07, 6.45) is 0.178. The van der Waals surface area contributed by atoms with Gasteiger partial charge in [0.25, 0.3) is 11.5 Å². The quantitative estimate of drug-likeness (QED) is 0.476. The molecule has 0 spiro atoms. The molecule has 9 nitrogen and oxygen atoms in total. The van der Waals surface area contributed by atoms with Crippen molar-refractivity contribution in [1.29, 1.82) is 0 Å². The number of hydrogen-bond donors (Lipinski definition) is 1. The lowest BCUT2D eigenvalue weighted by molar-refractivity contribution is -0.123. The van der Waals surface area contributed by atoms with Crippen LogP contribution in [0.2, 0.25) is 0 Å². The van der Waals surface area contributed by atoms with Gasteiger partial charge >= 0.3 is 5.97 Å². The van der Waals surface area contributed by atoms with Crippen LogP contribution in [0.5, 0.6) is 0 Å². The van der Waals surface area contributed by atoms with Gasteiger partial charge in [-0.05, 0) is 13.8 Å². The van der Waals surface area contributed by atoms with E-state index in [1.165, 1.54) is 43.1 Å². The van der Waals surface area contributed by atoms with Crippen molar-refractivity contribution >= 4 is 39.4 Å². The number of ether oxygens (including phenoxy) is 1. The Kier molecular flexibility index (Phi) is 5.38. The number of esters is 1. The first-order chi connectivity index (χ1) is 14.8. The lowest BCUT2D eigenvalue weighted by atomic mass is 10.2. The summed E-state index contributed by atoms with van der Waals surface area (Å²) in [6, 6.07) is 9.55. The van der Waals surface area contributed by atoms with Gasteiger partial charge in [-0.1, -0.05) is 30.3 Å². The molecule has 0 fully saturated rings. The van der Waals surface area contributed by atoms with Gasteiger partial charge in [0.1, 0.15) is 23.0 Å². The first kappa shape index (κ1) is 20.5. The molecule has 1 aromatic carbocycles. The third kappa shape index (κ3) is 3.97. The molecule has 3 heterocycles. The smallest absolute Gasteiger partial charge is 0.343 e. The second kappa shape index (κ2) is 8.15. The van der Waals surface area contributed by atoms with Crippen molar-refractivity contribution in [1.82, 2.24) is 14.5 Å². The molecule has 31 heavy (non-hydrogen) atoms. The monoisotopic (exact) mass is 438 g/mol. The number of amides is 1. The van der Waals surface area contributed by atoms with Crippen LogP contribution in [0.1, 0.15) is 23.0 Å². The van der Waals surface area contributed by atoms with Crippen molar-refractivity contribution < 1.29 is 18.7 Å². The fourth-order valence-corrected chi connectivity index (χ4v) is 3.71. The van der Waals surface area contributed by atoms with E-state index in [4.69, 9.17) is 9.15 Å². The van der Waals surface area contributed by atoms with Gasteiger partial charge in [-0.15, -0.1) is 11.3 Å². The van der Waals surface area contributed by atoms with Gasteiger partial charge < -0.3 is 13.7 Å². The molecule has 10 heteroatoms. The number of anilines is 1. The largest absolute Gasteiger partial charge is 0.449 e. The summed E-state index contributed by atoms with van der Waals surface area (Å²) in [5.41, 5.74) is 1.22. The van der Waals surface area contributed by atoms with Gasteiger partial charge in [-0.2, -0.15) is 0 Å². The zero-order valence-electron chi connectivity index (χ0n) is 16.9. The van der Waals surface area contributed by atoms with Gasteiger partial charge in [0.2, 0.25) is 5.71 Å². The molecule has 0 bridgehead atoms. The molecule has 1 atom stereocenters. The maximum Gasteiger partial charge on any atom is 0.343 e. The summed E-state index contributed by atoms with van der Waals surface area (Å²) in [5, 5.41) is 4.87. The number of hydrogen-bond acceptors (Lipinski definition) is 8. The predicted molar refractivity (Wildman–Crippen MR) is 115 cm³/mol. The molecule has 4 rings (SSSR count). The normalized spacial score (nSPS) is 12.0. The minimum Gasteiger partial charge on any atom is -0.449 e. The van der Waals surface area contributed by atoms with Gasteiger partial charge in [0, 0.05) is 18.0 Å². The third-order valence-electron chi connectivity index (χ3n) is 4.61. The SMILES string of the molecule is Cc1oc2ncn(C)c(=O)c2c1C(=O)O[C@H](C)C(=O)Nc1nc(-c2ccccc2)cs1. The molecule has 0 aliphatic heterocycles. The number of nitrogens with zero attached hydrogens (tertiary/aromatic N) is 3. The Bertz CT molecular complexity index is 1340. The van der Waals surface area contributed by atoms with Crippen LogP contribution in [0.15, 0.2) is 51.3 Å². The molecule has 0 unspecified atom stereocenters. The Morgan fingerprint density at radius 2 is 2.00 bits per heavy atom. The Hall–Kier alpha value is -3.79. The van der Waals surface area contributed by atoms with Crippen molar-refractivity contribution in [3.63, 3.8) is 0 Å². The molecule has 158 valence electrons. The molecule has 0 saturated heterocycles. The molecular formula is C21H18N4O5S. The summed E-state index contributed by atoms with van der Waals surface area (Å²) in [5.74, 6) is -1.19. The summed E-state index contributed by atoms with van der Waals surface area (Å²) in [6.45, 7) is 2.97. The van der Waals surface area contributed by atoms with Gasteiger partial charge in [0.15, 0.2) is 11.2 Å². The average Bonchev–Trinajstić information content (AvgIpc) is 3.35. The number of furan rings is 1. The van der Waals surface area contributed by atoms with Crippen LogP contribution in [0.25, 0.3) is 22.4 Å². The van der Waals surface area contributed by atoms with Crippen LogP contribution in [0.4, 0.5) is 5.13 Å². The number of benzene rings is 1. The minimum absolute atomic E-state index is 0.0209. The molecule has 0 saturated carbocycles. The van der Waals surface area contributed by atoms with Gasteiger partial charge in [-0.3, -0.25) is 14.9 Å². The van der Waals surface area contributed by atoms with E-state index >= 15 is 0 Å². The Labute approximate surface area is 180 Å². The van der Waals surface area contributed by atoms with Crippen molar-refractivity contribution in [3.05, 3.63) is 63.7 Å². The van der Waals surface area contributed by atoms with E-state index in [0.717, 1.165) is 11.3 Å². The number of aromatic nitrogens is 3.